The fraction of sp³-hybridized carbons (Fsp3) is 0.0938. The summed E-state index contributed by atoms with van der Waals surface area (Å²) in [5.74, 6) is 0.435. The summed E-state index contributed by atoms with van der Waals surface area (Å²) in [5.41, 5.74) is 4.77. The molecule has 3 heteroatoms. The van der Waals surface area contributed by atoms with Crippen molar-refractivity contribution in [2.24, 2.45) is 0 Å². The number of carbonyl (C=O) groups is 1. The van der Waals surface area contributed by atoms with Crippen LogP contribution in [0.2, 0.25) is 0 Å². The molecule has 0 aliphatic carbocycles. The predicted octanol–water partition coefficient (Wildman–Crippen LogP) is 7.19. The molecule has 0 aromatic heterocycles. The molecule has 1 atom stereocenters. The summed E-state index contributed by atoms with van der Waals surface area (Å²) in [5, 5.41) is 4.19. The number of cyclic esters (lactones) is 1. The summed E-state index contributed by atoms with van der Waals surface area (Å²) >= 11 is 0. The van der Waals surface area contributed by atoms with Crippen molar-refractivity contribution in [3.8, 4) is 5.75 Å². The van der Waals surface area contributed by atoms with Gasteiger partial charge in [-0.25, -0.2) is 4.79 Å². The van der Waals surface area contributed by atoms with E-state index in [0.717, 1.165) is 55.1 Å². The number of hydrogen-bond donors (Lipinski definition) is 0. The normalized spacial score (nSPS) is 18.5. The van der Waals surface area contributed by atoms with Gasteiger partial charge in [0, 0.05) is 27.6 Å². The maximum absolute atomic E-state index is 13.0. The number of rotatable bonds is 2. The Hall–Kier alpha value is -4.37. The van der Waals surface area contributed by atoms with E-state index in [4.69, 9.17) is 9.47 Å². The zero-order chi connectivity index (χ0) is 23.6. The second-order valence-corrected chi connectivity index (χ2v) is 9.27. The van der Waals surface area contributed by atoms with Crippen LogP contribution in [0.4, 0.5) is 0 Å². The molecule has 5 aromatic carbocycles. The van der Waals surface area contributed by atoms with Crippen LogP contribution in [-0.2, 0) is 10.3 Å². The Bertz CT molecular complexity index is 1700. The largest absolute Gasteiger partial charge is 0.472 e. The van der Waals surface area contributed by atoms with Crippen LogP contribution >= 0.6 is 0 Å². The Morgan fingerprint density at radius 2 is 1.54 bits per heavy atom. The van der Waals surface area contributed by atoms with Gasteiger partial charge >= 0.3 is 5.97 Å². The van der Waals surface area contributed by atoms with Gasteiger partial charge in [-0.15, -0.1) is 0 Å². The van der Waals surface area contributed by atoms with Crippen LogP contribution < -0.4 is 4.74 Å². The van der Waals surface area contributed by atoms with Gasteiger partial charge in [0.2, 0.25) is 0 Å². The summed E-state index contributed by atoms with van der Waals surface area (Å²) in [6.07, 6.45) is 2.15. The molecule has 2 heterocycles. The molecule has 0 N–H and O–H groups in total. The molecule has 35 heavy (non-hydrogen) atoms. The molecule has 0 spiro atoms. The molecule has 7 rings (SSSR count). The van der Waals surface area contributed by atoms with Crippen molar-refractivity contribution >= 4 is 33.1 Å². The van der Waals surface area contributed by atoms with Crippen LogP contribution in [0.3, 0.4) is 0 Å². The first-order valence-corrected chi connectivity index (χ1v) is 11.8. The molecule has 168 valence electrons. The van der Waals surface area contributed by atoms with Gasteiger partial charge in [0.15, 0.2) is 5.60 Å². The van der Waals surface area contributed by atoms with Gasteiger partial charge in [-0.2, -0.15) is 0 Å². The van der Waals surface area contributed by atoms with E-state index in [0.29, 0.717) is 5.56 Å². The minimum absolute atomic E-state index is 0.224. The second-order valence-electron chi connectivity index (χ2n) is 9.27. The lowest BCUT2D eigenvalue weighted by atomic mass is 9.78. The van der Waals surface area contributed by atoms with Crippen molar-refractivity contribution < 1.29 is 14.3 Å². The quantitative estimate of drug-likeness (QED) is 0.209. The van der Waals surface area contributed by atoms with Crippen LogP contribution in [0, 0.1) is 6.92 Å². The Kier molecular flexibility index (Phi) is 4.19. The third-order valence-electron chi connectivity index (χ3n) is 7.29. The monoisotopic (exact) mass is 454 g/mol. The lowest BCUT2D eigenvalue weighted by Crippen LogP contribution is -2.38. The zero-order valence-corrected chi connectivity index (χ0v) is 19.2. The van der Waals surface area contributed by atoms with E-state index in [-0.39, 0.29) is 12.6 Å². The molecule has 2 aliphatic heterocycles. The number of carbonyl (C=O) groups excluding carboxylic acids is 1. The molecule has 0 bridgehead atoms. The lowest BCUT2D eigenvalue weighted by Gasteiger charge is -2.40. The summed E-state index contributed by atoms with van der Waals surface area (Å²) in [4.78, 5) is 13.0. The van der Waals surface area contributed by atoms with Gasteiger partial charge in [-0.3, -0.25) is 0 Å². The first-order chi connectivity index (χ1) is 17.2. The average Bonchev–Trinajstić information content (AvgIpc) is 2.91. The predicted molar refractivity (Wildman–Crippen MR) is 139 cm³/mol. The number of hydrogen-bond acceptors (Lipinski definition) is 3. The topological polar surface area (TPSA) is 35.5 Å². The summed E-state index contributed by atoms with van der Waals surface area (Å²) in [7, 11) is 0. The highest BCUT2D eigenvalue weighted by Gasteiger charge is 2.43. The Labute approximate surface area is 203 Å². The summed E-state index contributed by atoms with van der Waals surface area (Å²) in [6, 6.07) is 33.1. The average molecular weight is 455 g/mol. The van der Waals surface area contributed by atoms with Crippen LogP contribution in [0.1, 0.15) is 32.6 Å². The van der Waals surface area contributed by atoms with Gasteiger partial charge in [-0.05, 0) is 46.9 Å². The maximum atomic E-state index is 13.0. The minimum Gasteiger partial charge on any atom is -0.472 e. The van der Waals surface area contributed by atoms with Crippen molar-refractivity contribution in [2.75, 3.05) is 6.61 Å². The number of ether oxygens (including phenoxy) is 2. The number of aryl methyl sites for hydroxylation is 1. The molecule has 2 aliphatic rings. The van der Waals surface area contributed by atoms with Crippen molar-refractivity contribution in [3.63, 3.8) is 0 Å². The Morgan fingerprint density at radius 3 is 2.40 bits per heavy atom. The smallest absolute Gasteiger partial charge is 0.339 e. The van der Waals surface area contributed by atoms with Crippen molar-refractivity contribution in [2.45, 2.75) is 12.5 Å². The number of esters is 1. The molecule has 0 radical (unpaired) electrons. The van der Waals surface area contributed by atoms with Crippen molar-refractivity contribution in [1.29, 1.82) is 0 Å². The molecule has 0 saturated heterocycles. The highest BCUT2D eigenvalue weighted by Crippen LogP contribution is 2.51. The van der Waals surface area contributed by atoms with Crippen LogP contribution in [0.15, 0.2) is 103 Å². The standard InChI is InChI=1S/C32H22O3/c1-20-9-5-8-14-28(20)32(23-11-3-2-4-12-23)18-22-19-34-31(33)27-17-26-24-13-7-6-10-21(24)15-16-25(26)30(35-32)29(22)27/h2-18H,19H2,1H3. The molecule has 1 unspecified atom stereocenters. The lowest BCUT2D eigenvalue weighted by molar-refractivity contribution is 0.0534. The highest BCUT2D eigenvalue weighted by molar-refractivity contribution is 6.15. The second kappa shape index (κ2) is 7.31. The molecular weight excluding hydrogens is 432 g/mol. The summed E-state index contributed by atoms with van der Waals surface area (Å²) < 4.78 is 12.8. The van der Waals surface area contributed by atoms with E-state index in [9.17, 15) is 4.79 Å². The van der Waals surface area contributed by atoms with Crippen molar-refractivity contribution in [3.05, 3.63) is 131 Å². The SMILES string of the molecule is Cc1ccccc1C1(c2ccccc2)C=C2COC(=O)c3cc4c(ccc5ccccc54)c(c32)O1. The van der Waals surface area contributed by atoms with Gasteiger partial charge in [0.25, 0.3) is 0 Å². The van der Waals surface area contributed by atoms with E-state index in [1.807, 2.05) is 48.5 Å². The highest BCUT2D eigenvalue weighted by atomic mass is 16.5. The van der Waals surface area contributed by atoms with E-state index in [2.05, 4.69) is 61.5 Å². The van der Waals surface area contributed by atoms with Gasteiger partial charge in [0.05, 0.1) is 5.56 Å². The van der Waals surface area contributed by atoms with Gasteiger partial charge in [0.1, 0.15) is 12.4 Å². The van der Waals surface area contributed by atoms with E-state index in [1.165, 1.54) is 0 Å². The zero-order valence-electron chi connectivity index (χ0n) is 19.2. The third-order valence-corrected chi connectivity index (χ3v) is 7.29. The molecule has 5 aromatic rings. The fourth-order valence-electron chi connectivity index (χ4n) is 5.66. The van der Waals surface area contributed by atoms with Gasteiger partial charge < -0.3 is 9.47 Å². The number of benzene rings is 5. The molecular formula is C32H22O3. The minimum atomic E-state index is -0.851. The molecule has 0 fully saturated rings. The Balaban J connectivity index is 1.62. The molecule has 0 saturated carbocycles. The summed E-state index contributed by atoms with van der Waals surface area (Å²) in [6.45, 7) is 2.34. The number of fused-ring (bicyclic) bond motifs is 4. The van der Waals surface area contributed by atoms with Gasteiger partial charge in [-0.1, -0.05) is 84.9 Å². The fourth-order valence-corrected chi connectivity index (χ4v) is 5.66. The van der Waals surface area contributed by atoms with E-state index in [1.54, 1.807) is 0 Å². The van der Waals surface area contributed by atoms with E-state index < -0.39 is 5.60 Å². The van der Waals surface area contributed by atoms with Crippen molar-refractivity contribution in [1.82, 2.24) is 0 Å². The Morgan fingerprint density at radius 1 is 0.771 bits per heavy atom. The molecule has 0 amide bonds. The first kappa shape index (κ1) is 20.0. The van der Waals surface area contributed by atoms with Crippen LogP contribution in [0.25, 0.3) is 27.1 Å². The third kappa shape index (κ3) is 2.82. The first-order valence-electron chi connectivity index (χ1n) is 11.8. The van der Waals surface area contributed by atoms with Crippen LogP contribution in [0.5, 0.6) is 5.75 Å². The van der Waals surface area contributed by atoms with Crippen LogP contribution in [-0.4, -0.2) is 12.6 Å². The molecule has 3 nitrogen and oxygen atoms in total. The maximum Gasteiger partial charge on any atom is 0.339 e. The van der Waals surface area contributed by atoms with E-state index >= 15 is 0 Å².